The summed E-state index contributed by atoms with van der Waals surface area (Å²) < 4.78 is 0. The van der Waals surface area contributed by atoms with Crippen LogP contribution in [0, 0.1) is 5.92 Å². The van der Waals surface area contributed by atoms with E-state index < -0.39 is 0 Å². The molecule has 0 spiro atoms. The Hall–Kier alpha value is -1.42. The molecular formula is C11H15N3O. The van der Waals surface area contributed by atoms with Crippen molar-refractivity contribution in [3.8, 4) is 0 Å². The number of hydrogen-bond donors (Lipinski definition) is 2. The van der Waals surface area contributed by atoms with Crippen LogP contribution in [0.1, 0.15) is 12.8 Å². The number of aromatic nitrogens is 1. The fourth-order valence-electron chi connectivity index (χ4n) is 1.76. The highest BCUT2D eigenvalue weighted by Gasteiger charge is 2.20. The molecule has 1 aliphatic heterocycles. The zero-order chi connectivity index (χ0) is 10.5. The third-order valence-corrected chi connectivity index (χ3v) is 2.62. The Morgan fingerprint density at radius 2 is 2.27 bits per heavy atom. The molecule has 1 aromatic rings. The summed E-state index contributed by atoms with van der Waals surface area (Å²) in [6, 6.07) is 3.60. The summed E-state index contributed by atoms with van der Waals surface area (Å²) in [7, 11) is 0. The molecule has 2 rings (SSSR count). The van der Waals surface area contributed by atoms with Crippen molar-refractivity contribution in [2.75, 3.05) is 18.4 Å². The van der Waals surface area contributed by atoms with Gasteiger partial charge in [-0.05, 0) is 31.5 Å². The van der Waals surface area contributed by atoms with E-state index in [0.29, 0.717) is 0 Å². The Labute approximate surface area is 89.1 Å². The van der Waals surface area contributed by atoms with Crippen LogP contribution < -0.4 is 10.6 Å². The minimum absolute atomic E-state index is 0.104. The van der Waals surface area contributed by atoms with Gasteiger partial charge in [-0.3, -0.25) is 9.78 Å². The lowest BCUT2D eigenvalue weighted by Crippen LogP contribution is -2.37. The Balaban J connectivity index is 1.91. The van der Waals surface area contributed by atoms with Gasteiger partial charge < -0.3 is 10.6 Å². The third kappa shape index (κ3) is 2.76. The molecule has 2 N–H and O–H groups in total. The summed E-state index contributed by atoms with van der Waals surface area (Å²) in [6.07, 6.45) is 5.40. The molecule has 0 saturated carbocycles. The lowest BCUT2D eigenvalue weighted by molar-refractivity contribution is -0.120. The topological polar surface area (TPSA) is 54.0 Å². The average molecular weight is 205 g/mol. The molecular weight excluding hydrogens is 190 g/mol. The Morgan fingerprint density at radius 3 is 2.93 bits per heavy atom. The van der Waals surface area contributed by atoms with Gasteiger partial charge in [-0.25, -0.2) is 0 Å². The van der Waals surface area contributed by atoms with E-state index in [0.717, 1.165) is 31.6 Å². The number of anilines is 1. The van der Waals surface area contributed by atoms with Gasteiger partial charge in [-0.15, -0.1) is 0 Å². The number of pyridine rings is 1. The number of rotatable bonds is 2. The van der Waals surface area contributed by atoms with Crippen molar-refractivity contribution in [1.29, 1.82) is 0 Å². The van der Waals surface area contributed by atoms with Crippen molar-refractivity contribution in [3.63, 3.8) is 0 Å². The van der Waals surface area contributed by atoms with Crippen LogP contribution in [0.2, 0.25) is 0 Å². The van der Waals surface area contributed by atoms with Gasteiger partial charge in [0.05, 0.1) is 5.92 Å². The van der Waals surface area contributed by atoms with Gasteiger partial charge in [-0.2, -0.15) is 0 Å². The standard InChI is InChI=1S/C11H15N3O/c15-11(9-2-1-5-13-8-9)14-10-3-6-12-7-4-10/h3-4,6-7,9,13H,1-2,5,8H2,(H,12,14,15)/t9-/m1/s1. The van der Waals surface area contributed by atoms with E-state index in [4.69, 9.17) is 0 Å². The van der Waals surface area contributed by atoms with Gasteiger partial charge in [0.15, 0.2) is 0 Å². The normalized spacial score (nSPS) is 20.9. The van der Waals surface area contributed by atoms with Gasteiger partial charge in [0.25, 0.3) is 0 Å². The van der Waals surface area contributed by atoms with Crippen LogP contribution in [0.5, 0.6) is 0 Å². The van der Waals surface area contributed by atoms with Crippen molar-refractivity contribution in [2.45, 2.75) is 12.8 Å². The number of piperidine rings is 1. The number of carbonyl (C=O) groups excluding carboxylic acids is 1. The second-order valence-corrected chi connectivity index (χ2v) is 3.77. The maximum absolute atomic E-state index is 11.8. The third-order valence-electron chi connectivity index (χ3n) is 2.62. The molecule has 1 saturated heterocycles. The summed E-state index contributed by atoms with van der Waals surface area (Å²) in [6.45, 7) is 1.82. The second kappa shape index (κ2) is 4.89. The first-order valence-electron chi connectivity index (χ1n) is 5.28. The van der Waals surface area contributed by atoms with Crippen LogP contribution >= 0.6 is 0 Å². The van der Waals surface area contributed by atoms with Crippen molar-refractivity contribution < 1.29 is 4.79 Å². The second-order valence-electron chi connectivity index (χ2n) is 3.77. The molecule has 4 heteroatoms. The quantitative estimate of drug-likeness (QED) is 0.758. The first-order valence-corrected chi connectivity index (χ1v) is 5.28. The first-order chi connectivity index (χ1) is 7.36. The van der Waals surface area contributed by atoms with Crippen LogP contribution in [0.3, 0.4) is 0 Å². The molecule has 1 amide bonds. The smallest absolute Gasteiger partial charge is 0.228 e. The van der Waals surface area contributed by atoms with Crippen LogP contribution in [0.25, 0.3) is 0 Å². The average Bonchev–Trinajstić information content (AvgIpc) is 2.31. The van der Waals surface area contributed by atoms with Gasteiger partial charge in [0.2, 0.25) is 5.91 Å². The summed E-state index contributed by atoms with van der Waals surface area (Å²) in [5.41, 5.74) is 0.820. The molecule has 0 aromatic carbocycles. The van der Waals surface area contributed by atoms with E-state index in [2.05, 4.69) is 15.6 Å². The zero-order valence-electron chi connectivity index (χ0n) is 8.57. The molecule has 0 unspecified atom stereocenters. The molecule has 0 radical (unpaired) electrons. The van der Waals surface area contributed by atoms with E-state index in [-0.39, 0.29) is 11.8 Å². The lowest BCUT2D eigenvalue weighted by Gasteiger charge is -2.21. The predicted molar refractivity (Wildman–Crippen MR) is 58.5 cm³/mol. The highest BCUT2D eigenvalue weighted by atomic mass is 16.1. The maximum Gasteiger partial charge on any atom is 0.228 e. The summed E-state index contributed by atoms with van der Waals surface area (Å²) >= 11 is 0. The minimum atomic E-state index is 0.104. The molecule has 1 aliphatic rings. The first kappa shape index (κ1) is 10.1. The van der Waals surface area contributed by atoms with Gasteiger partial charge in [0, 0.05) is 24.6 Å². The van der Waals surface area contributed by atoms with E-state index in [1.807, 2.05) is 0 Å². The van der Waals surface area contributed by atoms with Crippen LogP contribution in [-0.2, 0) is 4.79 Å². The highest BCUT2D eigenvalue weighted by molar-refractivity contribution is 5.92. The molecule has 1 aromatic heterocycles. The Kier molecular flexibility index (Phi) is 3.29. The van der Waals surface area contributed by atoms with Crippen LogP contribution in [-0.4, -0.2) is 24.0 Å². The number of carbonyl (C=O) groups is 1. The fourth-order valence-corrected chi connectivity index (χ4v) is 1.76. The van der Waals surface area contributed by atoms with E-state index >= 15 is 0 Å². The SMILES string of the molecule is O=C(Nc1ccncc1)[C@@H]1CCCNC1. The van der Waals surface area contributed by atoms with E-state index in [1.165, 1.54) is 0 Å². The zero-order valence-corrected chi connectivity index (χ0v) is 8.57. The monoisotopic (exact) mass is 205 g/mol. The van der Waals surface area contributed by atoms with Crippen LogP contribution in [0.15, 0.2) is 24.5 Å². The van der Waals surface area contributed by atoms with Crippen molar-refractivity contribution in [3.05, 3.63) is 24.5 Å². The molecule has 1 fully saturated rings. The Bertz CT molecular complexity index is 320. The fraction of sp³-hybridized carbons (Fsp3) is 0.455. The van der Waals surface area contributed by atoms with E-state index in [9.17, 15) is 4.79 Å². The molecule has 0 aliphatic carbocycles. The lowest BCUT2D eigenvalue weighted by atomic mass is 9.99. The Morgan fingerprint density at radius 1 is 1.47 bits per heavy atom. The number of nitrogens with one attached hydrogen (secondary N) is 2. The van der Waals surface area contributed by atoms with Crippen molar-refractivity contribution in [2.24, 2.45) is 5.92 Å². The predicted octanol–water partition coefficient (Wildman–Crippen LogP) is 1.02. The molecule has 0 bridgehead atoms. The molecule has 2 heterocycles. The summed E-state index contributed by atoms with van der Waals surface area (Å²) in [5.74, 6) is 0.209. The van der Waals surface area contributed by atoms with Gasteiger partial charge in [-0.1, -0.05) is 0 Å². The highest BCUT2D eigenvalue weighted by Crippen LogP contribution is 2.13. The van der Waals surface area contributed by atoms with Crippen molar-refractivity contribution in [1.82, 2.24) is 10.3 Å². The number of nitrogens with zero attached hydrogens (tertiary/aromatic N) is 1. The van der Waals surface area contributed by atoms with Gasteiger partial charge >= 0.3 is 0 Å². The largest absolute Gasteiger partial charge is 0.326 e. The minimum Gasteiger partial charge on any atom is -0.326 e. The molecule has 80 valence electrons. The maximum atomic E-state index is 11.8. The molecule has 4 nitrogen and oxygen atoms in total. The van der Waals surface area contributed by atoms with Crippen LogP contribution in [0.4, 0.5) is 5.69 Å². The molecule has 15 heavy (non-hydrogen) atoms. The number of amides is 1. The summed E-state index contributed by atoms with van der Waals surface area (Å²) in [5, 5.41) is 6.12. The summed E-state index contributed by atoms with van der Waals surface area (Å²) in [4.78, 5) is 15.7. The van der Waals surface area contributed by atoms with E-state index in [1.54, 1.807) is 24.5 Å². The molecule has 1 atom stereocenters. The van der Waals surface area contributed by atoms with Crippen molar-refractivity contribution >= 4 is 11.6 Å². The number of hydrogen-bond acceptors (Lipinski definition) is 3. The van der Waals surface area contributed by atoms with Gasteiger partial charge in [0.1, 0.15) is 0 Å².